The van der Waals surface area contributed by atoms with Gasteiger partial charge in [0.15, 0.2) is 5.82 Å². The highest BCUT2D eigenvalue weighted by atomic mass is 19.4. The van der Waals surface area contributed by atoms with Crippen molar-refractivity contribution >= 4 is 5.97 Å². The molecule has 0 spiro atoms. The summed E-state index contributed by atoms with van der Waals surface area (Å²) in [6, 6.07) is 7.26. The fraction of sp³-hybridized carbons (Fsp3) is 0.450. The predicted molar refractivity (Wildman–Crippen MR) is 99.7 cm³/mol. The molecule has 1 saturated heterocycles. The molecule has 0 radical (unpaired) electrons. The summed E-state index contributed by atoms with van der Waals surface area (Å²) in [6.07, 6.45) is 1.76. The zero-order valence-electron chi connectivity index (χ0n) is 16.3. The van der Waals surface area contributed by atoms with Gasteiger partial charge < -0.3 is 14.6 Å². The number of rotatable bonds is 4. The molecule has 3 atom stereocenters. The van der Waals surface area contributed by atoms with Gasteiger partial charge in [0.05, 0.1) is 6.61 Å². The molecule has 31 heavy (non-hydrogen) atoms. The topological polar surface area (TPSA) is 84.8 Å². The maximum Gasteiger partial charge on any atom is 0.490 e. The van der Waals surface area contributed by atoms with Crippen LogP contribution < -0.4 is 4.74 Å². The van der Waals surface area contributed by atoms with Crippen LogP contribution in [-0.2, 0) is 16.1 Å². The molecule has 0 aromatic carbocycles. The maximum absolute atomic E-state index is 13.8. The van der Waals surface area contributed by atoms with Crippen LogP contribution in [0.1, 0.15) is 18.4 Å². The molecule has 0 unspecified atom stereocenters. The number of aliphatic carboxylic acids is 1. The van der Waals surface area contributed by atoms with Crippen molar-refractivity contribution in [2.75, 3.05) is 13.2 Å². The number of nitrogens with zero attached hydrogens (tertiary/aromatic N) is 3. The van der Waals surface area contributed by atoms with Gasteiger partial charge in [-0.3, -0.25) is 9.88 Å². The van der Waals surface area contributed by atoms with Crippen LogP contribution >= 0.6 is 0 Å². The molecule has 1 aliphatic carbocycles. The Morgan fingerprint density at radius 2 is 2.00 bits per heavy atom. The van der Waals surface area contributed by atoms with Crippen molar-refractivity contribution in [1.82, 2.24) is 14.9 Å². The third-order valence-electron chi connectivity index (χ3n) is 4.99. The third-order valence-corrected chi connectivity index (χ3v) is 4.99. The van der Waals surface area contributed by atoms with Crippen LogP contribution in [0.4, 0.5) is 17.6 Å². The molecule has 168 valence electrons. The molecule has 1 N–H and O–H groups in total. The number of aromatic nitrogens is 2. The standard InChI is InChI=1S/C18H20FN3O2.C2HF3O2/c19-14-4-2-8-21-18(14)24-16-6-5-15-17(16)23-10-9-22(15)12-13-3-1-7-20-11-13;3-2(4,5)1(6)7/h1-4,7-8,11,15-17H,5-6,9-10,12H2;(H,6,7)/t15-,16-,17+;/m0./s1. The van der Waals surface area contributed by atoms with Crippen molar-refractivity contribution in [1.29, 1.82) is 0 Å². The van der Waals surface area contributed by atoms with E-state index >= 15 is 0 Å². The van der Waals surface area contributed by atoms with Crippen LogP contribution in [0.5, 0.6) is 5.88 Å². The fourth-order valence-corrected chi connectivity index (χ4v) is 3.64. The van der Waals surface area contributed by atoms with Gasteiger partial charge in [-0.05, 0) is 36.6 Å². The molecule has 1 aliphatic heterocycles. The van der Waals surface area contributed by atoms with Crippen LogP contribution in [-0.4, -0.2) is 63.5 Å². The first kappa shape index (κ1) is 22.9. The Balaban J connectivity index is 0.000000339. The number of carbonyl (C=O) groups is 1. The second kappa shape index (κ2) is 10.0. The molecule has 0 amide bonds. The summed E-state index contributed by atoms with van der Waals surface area (Å²) >= 11 is 0. The summed E-state index contributed by atoms with van der Waals surface area (Å²) in [4.78, 5) is 19.5. The lowest BCUT2D eigenvalue weighted by Gasteiger charge is -2.38. The molecular formula is C20H21F4N3O4. The molecular weight excluding hydrogens is 422 g/mol. The van der Waals surface area contributed by atoms with Gasteiger partial charge in [0.2, 0.25) is 0 Å². The van der Waals surface area contributed by atoms with Crippen molar-refractivity contribution in [3.05, 3.63) is 54.2 Å². The summed E-state index contributed by atoms with van der Waals surface area (Å²) in [5.74, 6) is -3.12. The van der Waals surface area contributed by atoms with E-state index in [1.807, 2.05) is 12.3 Å². The number of ether oxygens (including phenoxy) is 2. The lowest BCUT2D eigenvalue weighted by atomic mass is 10.1. The highest BCUT2D eigenvalue weighted by Gasteiger charge is 2.44. The summed E-state index contributed by atoms with van der Waals surface area (Å²) in [7, 11) is 0. The number of alkyl halides is 3. The number of hydrogen-bond donors (Lipinski definition) is 1. The van der Waals surface area contributed by atoms with E-state index in [-0.39, 0.29) is 24.1 Å². The first-order chi connectivity index (χ1) is 14.8. The van der Waals surface area contributed by atoms with Gasteiger partial charge in [-0.15, -0.1) is 0 Å². The number of carboxylic acid groups (broad SMARTS) is 1. The van der Waals surface area contributed by atoms with E-state index in [2.05, 4.69) is 20.9 Å². The predicted octanol–water partition coefficient (Wildman–Crippen LogP) is 3.06. The third kappa shape index (κ3) is 6.11. The van der Waals surface area contributed by atoms with E-state index in [9.17, 15) is 17.6 Å². The van der Waals surface area contributed by atoms with Gasteiger partial charge in [0, 0.05) is 37.7 Å². The number of pyridine rings is 2. The number of fused-ring (bicyclic) bond motifs is 1. The Hall–Kier alpha value is -2.79. The van der Waals surface area contributed by atoms with Gasteiger partial charge in [-0.2, -0.15) is 13.2 Å². The minimum Gasteiger partial charge on any atom is -0.475 e. The van der Waals surface area contributed by atoms with Crippen LogP contribution in [0.25, 0.3) is 0 Å². The fourth-order valence-electron chi connectivity index (χ4n) is 3.64. The maximum atomic E-state index is 13.8. The Bertz CT molecular complexity index is 869. The number of halogens is 4. The van der Waals surface area contributed by atoms with Crippen LogP contribution in [0.3, 0.4) is 0 Å². The molecule has 11 heteroatoms. The van der Waals surface area contributed by atoms with E-state index in [1.165, 1.54) is 11.6 Å². The van der Waals surface area contributed by atoms with Crippen LogP contribution in [0.15, 0.2) is 42.9 Å². The highest BCUT2D eigenvalue weighted by Crippen LogP contribution is 2.33. The van der Waals surface area contributed by atoms with Gasteiger partial charge in [-0.25, -0.2) is 14.2 Å². The van der Waals surface area contributed by atoms with Crippen molar-refractivity contribution in [2.24, 2.45) is 0 Å². The largest absolute Gasteiger partial charge is 0.490 e. The smallest absolute Gasteiger partial charge is 0.475 e. The molecule has 4 rings (SSSR count). The number of morpholine rings is 1. The first-order valence-electron chi connectivity index (χ1n) is 9.57. The van der Waals surface area contributed by atoms with Crippen molar-refractivity contribution < 1.29 is 36.9 Å². The molecule has 3 heterocycles. The Kier molecular flexibility index (Phi) is 7.39. The van der Waals surface area contributed by atoms with Crippen molar-refractivity contribution in [3.63, 3.8) is 0 Å². The quantitative estimate of drug-likeness (QED) is 0.727. The molecule has 1 saturated carbocycles. The van der Waals surface area contributed by atoms with Gasteiger partial charge >= 0.3 is 12.1 Å². The highest BCUT2D eigenvalue weighted by molar-refractivity contribution is 5.73. The summed E-state index contributed by atoms with van der Waals surface area (Å²) in [6.45, 7) is 2.40. The average molecular weight is 443 g/mol. The molecule has 2 aromatic rings. The SMILES string of the molecule is Fc1cccnc1O[C@H]1CC[C@H]2[C@H]1OCCN2Cc1cccnc1.O=C(O)C(F)(F)F. The van der Waals surface area contributed by atoms with E-state index in [4.69, 9.17) is 19.4 Å². The Labute approximate surface area is 175 Å². The zero-order valence-corrected chi connectivity index (χ0v) is 16.3. The molecule has 7 nitrogen and oxygen atoms in total. The van der Waals surface area contributed by atoms with E-state index < -0.39 is 18.0 Å². The van der Waals surface area contributed by atoms with Crippen molar-refractivity contribution in [2.45, 2.75) is 43.8 Å². The average Bonchev–Trinajstić information content (AvgIpc) is 3.14. The van der Waals surface area contributed by atoms with Gasteiger partial charge in [-0.1, -0.05) is 6.07 Å². The molecule has 2 aromatic heterocycles. The molecule has 2 aliphatic rings. The number of carboxylic acids is 1. The van der Waals surface area contributed by atoms with Crippen LogP contribution in [0.2, 0.25) is 0 Å². The number of hydrogen-bond acceptors (Lipinski definition) is 6. The van der Waals surface area contributed by atoms with Gasteiger partial charge in [0.1, 0.15) is 12.2 Å². The van der Waals surface area contributed by atoms with E-state index in [0.29, 0.717) is 6.61 Å². The first-order valence-corrected chi connectivity index (χ1v) is 9.57. The summed E-state index contributed by atoms with van der Waals surface area (Å²) in [5, 5.41) is 7.12. The Morgan fingerprint density at radius 1 is 1.26 bits per heavy atom. The molecule has 2 fully saturated rings. The minimum atomic E-state index is -5.08. The van der Waals surface area contributed by atoms with E-state index in [0.717, 1.165) is 25.9 Å². The molecule has 0 bridgehead atoms. The minimum absolute atomic E-state index is 0.0446. The van der Waals surface area contributed by atoms with E-state index in [1.54, 1.807) is 18.5 Å². The lowest BCUT2D eigenvalue weighted by Crippen LogP contribution is -2.51. The van der Waals surface area contributed by atoms with Crippen molar-refractivity contribution in [3.8, 4) is 5.88 Å². The second-order valence-corrected chi connectivity index (χ2v) is 7.06. The second-order valence-electron chi connectivity index (χ2n) is 7.06. The lowest BCUT2D eigenvalue weighted by molar-refractivity contribution is -0.192. The zero-order chi connectivity index (χ0) is 22.4. The normalized spacial score (nSPS) is 23.4. The monoisotopic (exact) mass is 443 g/mol. The van der Waals surface area contributed by atoms with Crippen LogP contribution in [0, 0.1) is 5.82 Å². The van der Waals surface area contributed by atoms with Gasteiger partial charge in [0.25, 0.3) is 5.88 Å². The Morgan fingerprint density at radius 3 is 2.65 bits per heavy atom. The summed E-state index contributed by atoms with van der Waals surface area (Å²) < 4.78 is 57.3. The summed E-state index contributed by atoms with van der Waals surface area (Å²) in [5.41, 5.74) is 1.19.